The average Bonchev–Trinajstić information content (AvgIpc) is 3.16. The second kappa shape index (κ2) is 10.9. The quantitative estimate of drug-likeness (QED) is 0.359. The molecule has 3 N–H and O–H groups in total. The molecule has 0 bridgehead atoms. The van der Waals surface area contributed by atoms with Gasteiger partial charge in [-0.1, -0.05) is 54.5 Å². The largest absolute Gasteiger partial charge is 0.354 e. The van der Waals surface area contributed by atoms with E-state index in [4.69, 9.17) is 0 Å². The van der Waals surface area contributed by atoms with Gasteiger partial charge in [-0.3, -0.25) is 9.59 Å². The second-order valence-electron chi connectivity index (χ2n) is 9.27. The minimum absolute atomic E-state index is 0.0203. The van der Waals surface area contributed by atoms with Gasteiger partial charge in [0.15, 0.2) is 0 Å². The number of carbonyl (C=O) groups excluding carboxylic acids is 2. The lowest BCUT2D eigenvalue weighted by molar-refractivity contribution is -0.116. The van der Waals surface area contributed by atoms with Crippen LogP contribution in [0.1, 0.15) is 36.1 Å². The van der Waals surface area contributed by atoms with Gasteiger partial charge in [-0.05, 0) is 63.3 Å². The molecule has 1 aliphatic heterocycles. The first-order chi connectivity index (χ1) is 17.3. The summed E-state index contributed by atoms with van der Waals surface area (Å²) in [5.74, 6) is 4.96. The van der Waals surface area contributed by atoms with Crippen LogP contribution in [-0.2, 0) is 16.1 Å². The van der Waals surface area contributed by atoms with E-state index in [1.807, 2.05) is 82.5 Å². The molecule has 0 saturated heterocycles. The Kier molecular flexibility index (Phi) is 7.53. The maximum absolute atomic E-state index is 13.2. The van der Waals surface area contributed by atoms with Gasteiger partial charge in [0.25, 0.3) is 11.8 Å². The van der Waals surface area contributed by atoms with Gasteiger partial charge in [0.1, 0.15) is 0 Å². The Balaban J connectivity index is 1.71. The monoisotopic (exact) mass is 478 g/mol. The molecule has 6 nitrogen and oxygen atoms in total. The Bertz CT molecular complexity index is 1360. The van der Waals surface area contributed by atoms with Crippen molar-refractivity contribution in [3.63, 3.8) is 0 Å². The molecule has 3 aromatic carbocycles. The zero-order chi connectivity index (χ0) is 25.7. The minimum Gasteiger partial charge on any atom is -0.354 e. The number of amides is 2. The number of nitrogens with zero attached hydrogens (tertiary/aromatic N) is 1. The average molecular weight is 479 g/mol. The lowest BCUT2D eigenvalue weighted by Crippen LogP contribution is -2.28. The summed E-state index contributed by atoms with van der Waals surface area (Å²) in [5.41, 5.74) is 6.40. The van der Waals surface area contributed by atoms with E-state index in [-0.39, 0.29) is 17.9 Å². The maximum atomic E-state index is 13.2. The highest BCUT2D eigenvalue weighted by Gasteiger charge is 2.28. The summed E-state index contributed by atoms with van der Waals surface area (Å²) in [6, 6.07) is 23.5. The number of hydrogen-bond donors (Lipinski definition) is 3. The van der Waals surface area contributed by atoms with Crippen molar-refractivity contribution < 1.29 is 9.59 Å². The van der Waals surface area contributed by atoms with Crippen molar-refractivity contribution in [2.24, 2.45) is 0 Å². The van der Waals surface area contributed by atoms with E-state index >= 15 is 0 Å². The zero-order valence-corrected chi connectivity index (χ0v) is 21.0. The summed E-state index contributed by atoms with van der Waals surface area (Å²) in [6.07, 6.45) is 0. The van der Waals surface area contributed by atoms with Crippen LogP contribution in [0.25, 0.3) is 11.3 Å². The van der Waals surface area contributed by atoms with Crippen molar-refractivity contribution in [1.29, 1.82) is 0 Å². The van der Waals surface area contributed by atoms with Crippen molar-refractivity contribution in [2.75, 3.05) is 24.7 Å². The summed E-state index contributed by atoms with van der Waals surface area (Å²) in [5, 5.41) is 9.20. The van der Waals surface area contributed by atoms with Crippen LogP contribution in [0.5, 0.6) is 0 Å². The van der Waals surface area contributed by atoms with Crippen LogP contribution in [-0.4, -0.2) is 36.9 Å². The first-order valence-electron chi connectivity index (χ1n) is 11.9. The van der Waals surface area contributed by atoms with Crippen molar-refractivity contribution in [3.05, 3.63) is 95.1 Å². The molecule has 0 fully saturated rings. The number of fused-ring (bicyclic) bond motifs is 1. The smallest absolute Gasteiger partial charge is 0.296 e. The van der Waals surface area contributed by atoms with Crippen LogP contribution >= 0.6 is 0 Å². The summed E-state index contributed by atoms with van der Waals surface area (Å²) in [7, 11) is 4.08. The maximum Gasteiger partial charge on any atom is 0.296 e. The van der Waals surface area contributed by atoms with E-state index in [9.17, 15) is 9.59 Å². The predicted octanol–water partition coefficient (Wildman–Crippen LogP) is 4.56. The molecule has 1 aliphatic rings. The lowest BCUT2D eigenvalue weighted by atomic mass is 9.99. The normalized spacial score (nSPS) is 13.6. The molecule has 0 atom stereocenters. The molecule has 6 heteroatoms. The third-order valence-electron chi connectivity index (χ3n) is 5.54. The molecule has 36 heavy (non-hydrogen) atoms. The van der Waals surface area contributed by atoms with Gasteiger partial charge < -0.3 is 20.9 Å². The van der Waals surface area contributed by atoms with Crippen molar-refractivity contribution in [3.8, 4) is 11.8 Å². The highest BCUT2D eigenvalue weighted by molar-refractivity contribution is 6.37. The molecule has 4 rings (SSSR count). The number of anilines is 2. The van der Waals surface area contributed by atoms with Crippen molar-refractivity contribution in [2.45, 2.75) is 26.4 Å². The predicted molar refractivity (Wildman–Crippen MR) is 146 cm³/mol. The molecule has 3 aromatic rings. The summed E-state index contributed by atoms with van der Waals surface area (Å²) in [4.78, 5) is 27.2. The summed E-state index contributed by atoms with van der Waals surface area (Å²) < 4.78 is 0. The highest BCUT2D eigenvalue weighted by atomic mass is 16.2. The molecule has 2 amide bonds. The fourth-order valence-electron chi connectivity index (χ4n) is 4.01. The van der Waals surface area contributed by atoms with E-state index in [1.54, 1.807) is 6.07 Å². The number of hydrogen-bond acceptors (Lipinski definition) is 4. The van der Waals surface area contributed by atoms with E-state index in [0.29, 0.717) is 16.8 Å². The molecule has 0 aliphatic carbocycles. The third-order valence-corrected chi connectivity index (χ3v) is 5.54. The van der Waals surface area contributed by atoms with E-state index in [0.717, 1.165) is 29.1 Å². The first-order valence-corrected chi connectivity index (χ1v) is 11.9. The standard InChI is InChI=1S/C30H30N4O2/c1-20(2)31-27(35)17-13-21-12-16-25-26(18-21)33-30(36)28(25)29(23-8-6-5-7-9-23)32-24-14-10-22(11-15-24)19-34(3)4/h5-12,14-16,18,20,32H,19H2,1-4H3,(H,31,35)(H,33,36). The van der Waals surface area contributed by atoms with Crippen molar-refractivity contribution in [1.82, 2.24) is 10.2 Å². The molecular weight excluding hydrogens is 448 g/mol. The first kappa shape index (κ1) is 24.8. The number of rotatable bonds is 6. The Hall–Kier alpha value is -4.34. The van der Waals surface area contributed by atoms with Crippen LogP contribution in [0.3, 0.4) is 0 Å². The number of carbonyl (C=O) groups is 2. The van der Waals surface area contributed by atoms with Gasteiger partial charge in [0.05, 0.1) is 17.0 Å². The topological polar surface area (TPSA) is 73.5 Å². The molecule has 182 valence electrons. The van der Waals surface area contributed by atoms with E-state index in [2.05, 4.69) is 44.8 Å². The molecule has 0 saturated carbocycles. The molecule has 0 aromatic heterocycles. The van der Waals surface area contributed by atoms with E-state index in [1.165, 1.54) is 5.56 Å². The highest BCUT2D eigenvalue weighted by Crippen LogP contribution is 2.38. The SMILES string of the molecule is CC(C)NC(=O)C#Cc1ccc2c(c1)NC(=O)C2=C(Nc1ccc(CN(C)C)cc1)c1ccccc1. The van der Waals surface area contributed by atoms with Crippen LogP contribution in [0.2, 0.25) is 0 Å². The fraction of sp³-hybridized carbons (Fsp3) is 0.200. The lowest BCUT2D eigenvalue weighted by Gasteiger charge is -2.16. The van der Waals surface area contributed by atoms with Crippen LogP contribution in [0.4, 0.5) is 11.4 Å². The Morgan fingerprint density at radius 3 is 2.39 bits per heavy atom. The summed E-state index contributed by atoms with van der Waals surface area (Å²) >= 11 is 0. The Morgan fingerprint density at radius 1 is 1.00 bits per heavy atom. The van der Waals surface area contributed by atoms with Crippen molar-refractivity contribution >= 4 is 34.5 Å². The molecule has 0 spiro atoms. The number of nitrogens with one attached hydrogen (secondary N) is 3. The van der Waals surface area contributed by atoms with Gasteiger partial charge in [-0.15, -0.1) is 0 Å². The van der Waals surface area contributed by atoms with Gasteiger partial charge >= 0.3 is 0 Å². The second-order valence-corrected chi connectivity index (χ2v) is 9.27. The van der Waals surface area contributed by atoms with Crippen LogP contribution < -0.4 is 16.0 Å². The van der Waals surface area contributed by atoms with Gasteiger partial charge in [0.2, 0.25) is 0 Å². The van der Waals surface area contributed by atoms with Crippen LogP contribution in [0.15, 0.2) is 72.8 Å². The van der Waals surface area contributed by atoms with Gasteiger partial charge in [-0.25, -0.2) is 0 Å². The van der Waals surface area contributed by atoms with Gasteiger partial charge in [-0.2, -0.15) is 0 Å². The zero-order valence-electron chi connectivity index (χ0n) is 21.0. The number of benzene rings is 3. The molecule has 0 unspecified atom stereocenters. The Morgan fingerprint density at radius 2 is 1.72 bits per heavy atom. The summed E-state index contributed by atoms with van der Waals surface area (Å²) in [6.45, 7) is 4.62. The molecule has 1 heterocycles. The van der Waals surface area contributed by atoms with E-state index < -0.39 is 0 Å². The van der Waals surface area contributed by atoms with Gasteiger partial charge in [0, 0.05) is 35.3 Å². The van der Waals surface area contributed by atoms with Crippen LogP contribution in [0, 0.1) is 11.8 Å². The molecule has 0 radical (unpaired) electrons. The minimum atomic E-state index is -0.331. The molecular formula is C30H30N4O2. The fourth-order valence-corrected chi connectivity index (χ4v) is 4.01. The Labute approximate surface area is 212 Å². The third kappa shape index (κ3) is 6.01.